The van der Waals surface area contributed by atoms with Gasteiger partial charge >= 0.3 is 5.97 Å². The molecular formula is C25H24FN3O5S. The molecule has 8 nitrogen and oxygen atoms in total. The summed E-state index contributed by atoms with van der Waals surface area (Å²) in [5.41, 5.74) is 2.38. The number of methoxy groups -OCH3 is 2. The van der Waals surface area contributed by atoms with Crippen LogP contribution in [0.25, 0.3) is 15.9 Å². The zero-order valence-electron chi connectivity index (χ0n) is 19.5. The maximum atomic E-state index is 13.3. The Morgan fingerprint density at radius 1 is 1.06 bits per heavy atom. The minimum Gasteiger partial charge on any atom is -0.493 e. The highest BCUT2D eigenvalue weighted by Gasteiger charge is 2.19. The van der Waals surface area contributed by atoms with Crippen molar-refractivity contribution in [3.8, 4) is 17.2 Å². The van der Waals surface area contributed by atoms with Crippen molar-refractivity contribution in [1.29, 1.82) is 0 Å². The van der Waals surface area contributed by atoms with E-state index in [-0.39, 0.29) is 12.4 Å². The van der Waals surface area contributed by atoms with Crippen LogP contribution in [-0.2, 0) is 16.0 Å². The van der Waals surface area contributed by atoms with Crippen LogP contribution in [-0.4, -0.2) is 49.0 Å². The Balaban J connectivity index is 1.33. The molecule has 0 bridgehead atoms. The summed E-state index contributed by atoms with van der Waals surface area (Å²) in [5.74, 6) is -0.0772. The van der Waals surface area contributed by atoms with Gasteiger partial charge in [-0.15, -0.1) is 11.3 Å². The molecule has 0 aliphatic carbocycles. The zero-order chi connectivity index (χ0) is 24.9. The van der Waals surface area contributed by atoms with Gasteiger partial charge < -0.3 is 19.5 Å². The second kappa shape index (κ2) is 10.6. The third-order valence-electron chi connectivity index (χ3n) is 5.34. The SMILES string of the molecule is COc1ccc(CCNC(=O)COC(=O)c2cc3c(C)nn(-c4ccc(F)cc4)c3s2)cc1OC. The fourth-order valence-electron chi connectivity index (χ4n) is 3.54. The van der Waals surface area contributed by atoms with Gasteiger partial charge in [0.25, 0.3) is 5.91 Å². The minimum absolute atomic E-state index is 0.341. The van der Waals surface area contributed by atoms with Gasteiger partial charge in [-0.2, -0.15) is 5.10 Å². The van der Waals surface area contributed by atoms with Crippen molar-refractivity contribution in [3.05, 3.63) is 70.5 Å². The number of carbonyl (C=O) groups excluding carboxylic acids is 2. The molecule has 0 aliphatic rings. The smallest absolute Gasteiger partial charge is 0.348 e. The summed E-state index contributed by atoms with van der Waals surface area (Å²) in [5, 5.41) is 8.01. The molecule has 0 fully saturated rings. The number of hydrogen-bond donors (Lipinski definition) is 1. The average molecular weight is 498 g/mol. The molecule has 0 aliphatic heterocycles. The summed E-state index contributed by atoms with van der Waals surface area (Å²) < 4.78 is 30.6. The van der Waals surface area contributed by atoms with E-state index >= 15 is 0 Å². The molecule has 1 amide bonds. The van der Waals surface area contributed by atoms with Crippen molar-refractivity contribution in [2.24, 2.45) is 0 Å². The number of aryl methyl sites for hydroxylation is 1. The second-order valence-corrected chi connectivity index (χ2v) is 8.70. The van der Waals surface area contributed by atoms with Crippen LogP contribution in [0.4, 0.5) is 4.39 Å². The van der Waals surface area contributed by atoms with E-state index in [9.17, 15) is 14.0 Å². The Morgan fingerprint density at radius 2 is 1.80 bits per heavy atom. The first-order valence-corrected chi connectivity index (χ1v) is 11.6. The molecular weight excluding hydrogens is 473 g/mol. The number of esters is 1. The van der Waals surface area contributed by atoms with Gasteiger partial charge in [-0.05, 0) is 61.4 Å². The number of aromatic nitrogens is 2. The van der Waals surface area contributed by atoms with E-state index in [1.54, 1.807) is 43.2 Å². The summed E-state index contributed by atoms with van der Waals surface area (Å²) >= 11 is 1.20. The van der Waals surface area contributed by atoms with Crippen molar-refractivity contribution >= 4 is 33.4 Å². The van der Waals surface area contributed by atoms with Crippen LogP contribution in [0.15, 0.2) is 48.5 Å². The lowest BCUT2D eigenvalue weighted by Crippen LogP contribution is -2.30. The molecule has 0 radical (unpaired) electrons. The molecule has 0 unspecified atom stereocenters. The second-order valence-electron chi connectivity index (χ2n) is 7.67. The van der Waals surface area contributed by atoms with Crippen molar-refractivity contribution in [2.45, 2.75) is 13.3 Å². The molecule has 35 heavy (non-hydrogen) atoms. The van der Waals surface area contributed by atoms with Gasteiger partial charge in [0.05, 0.1) is 25.6 Å². The maximum Gasteiger partial charge on any atom is 0.348 e. The summed E-state index contributed by atoms with van der Waals surface area (Å²) in [6.45, 7) is 1.82. The van der Waals surface area contributed by atoms with Crippen LogP contribution < -0.4 is 14.8 Å². The van der Waals surface area contributed by atoms with Crippen molar-refractivity contribution in [1.82, 2.24) is 15.1 Å². The van der Waals surface area contributed by atoms with Crippen LogP contribution in [0.5, 0.6) is 11.5 Å². The van der Waals surface area contributed by atoms with Crippen molar-refractivity contribution in [3.63, 3.8) is 0 Å². The predicted octanol–water partition coefficient (Wildman–Crippen LogP) is 4.07. The highest BCUT2D eigenvalue weighted by atomic mass is 32.1. The zero-order valence-corrected chi connectivity index (χ0v) is 20.3. The number of carbonyl (C=O) groups is 2. The lowest BCUT2D eigenvalue weighted by molar-refractivity contribution is -0.124. The highest BCUT2D eigenvalue weighted by Crippen LogP contribution is 2.31. The predicted molar refractivity (Wildman–Crippen MR) is 130 cm³/mol. The summed E-state index contributed by atoms with van der Waals surface area (Å²) in [4.78, 5) is 25.8. The quantitative estimate of drug-likeness (QED) is 0.351. The molecule has 182 valence electrons. The standard InChI is InChI=1S/C25H24FN3O5S/c1-15-19-13-22(35-24(19)29(28-15)18-7-5-17(26)6-8-18)25(31)34-14-23(30)27-11-10-16-4-9-20(32-2)21(12-16)33-3/h4-9,12-13H,10-11,14H2,1-3H3,(H,27,30). The van der Waals surface area contributed by atoms with Crippen molar-refractivity contribution in [2.75, 3.05) is 27.4 Å². The number of rotatable bonds is 9. The molecule has 0 spiro atoms. The van der Waals surface area contributed by atoms with Gasteiger partial charge in [-0.3, -0.25) is 4.79 Å². The van der Waals surface area contributed by atoms with Crippen LogP contribution in [0, 0.1) is 12.7 Å². The molecule has 4 rings (SSSR count). The Kier molecular flexibility index (Phi) is 7.31. The molecule has 10 heteroatoms. The number of hydrogen-bond acceptors (Lipinski definition) is 7. The number of fused-ring (bicyclic) bond motifs is 1. The number of halogens is 1. The van der Waals surface area contributed by atoms with Crippen LogP contribution in [0.3, 0.4) is 0 Å². The van der Waals surface area contributed by atoms with E-state index < -0.39 is 11.9 Å². The number of benzene rings is 2. The molecule has 0 saturated carbocycles. The summed E-state index contributed by atoms with van der Waals surface area (Å²) in [6, 6.07) is 13.2. The molecule has 1 N–H and O–H groups in total. The number of thiophene rings is 1. The monoisotopic (exact) mass is 497 g/mol. The third-order valence-corrected chi connectivity index (χ3v) is 6.43. The van der Waals surface area contributed by atoms with Crippen LogP contribution in [0.2, 0.25) is 0 Å². The number of ether oxygens (including phenoxy) is 3. The van der Waals surface area contributed by atoms with E-state index in [1.807, 2.05) is 19.1 Å². The molecule has 2 aromatic carbocycles. The fraction of sp³-hybridized carbons (Fsp3) is 0.240. The van der Waals surface area contributed by atoms with Crippen LogP contribution >= 0.6 is 11.3 Å². The molecule has 0 atom stereocenters. The first-order valence-electron chi connectivity index (χ1n) is 10.8. The first kappa shape index (κ1) is 24.2. The first-order chi connectivity index (χ1) is 16.9. The molecule has 4 aromatic rings. The van der Waals surface area contributed by atoms with E-state index in [4.69, 9.17) is 14.2 Å². The number of amides is 1. The number of nitrogens with one attached hydrogen (secondary N) is 1. The third kappa shape index (κ3) is 5.43. The molecule has 2 heterocycles. The highest BCUT2D eigenvalue weighted by molar-refractivity contribution is 7.20. The fourth-order valence-corrected chi connectivity index (χ4v) is 4.62. The van der Waals surface area contributed by atoms with Gasteiger partial charge in [-0.25, -0.2) is 13.9 Å². The van der Waals surface area contributed by atoms with Crippen LogP contribution in [0.1, 0.15) is 20.9 Å². The Bertz CT molecular complexity index is 1360. The number of nitrogens with zero attached hydrogens (tertiary/aromatic N) is 2. The minimum atomic E-state index is -0.591. The van der Waals surface area contributed by atoms with Gasteiger partial charge in [0, 0.05) is 11.9 Å². The van der Waals surface area contributed by atoms with E-state index in [0.717, 1.165) is 21.5 Å². The van der Waals surface area contributed by atoms with E-state index in [0.29, 0.717) is 35.0 Å². The van der Waals surface area contributed by atoms with E-state index in [1.165, 1.54) is 23.5 Å². The van der Waals surface area contributed by atoms with Gasteiger partial charge in [0.15, 0.2) is 18.1 Å². The van der Waals surface area contributed by atoms with Gasteiger partial charge in [0.1, 0.15) is 15.5 Å². The Morgan fingerprint density at radius 3 is 2.51 bits per heavy atom. The van der Waals surface area contributed by atoms with E-state index in [2.05, 4.69) is 10.4 Å². The Hall–Kier alpha value is -3.92. The van der Waals surface area contributed by atoms with Gasteiger partial charge in [0.2, 0.25) is 0 Å². The van der Waals surface area contributed by atoms with Crippen molar-refractivity contribution < 1.29 is 28.2 Å². The molecule has 2 aromatic heterocycles. The molecule has 0 saturated heterocycles. The average Bonchev–Trinajstić information content (AvgIpc) is 3.43. The Labute approximate surface area is 205 Å². The maximum absolute atomic E-state index is 13.3. The lowest BCUT2D eigenvalue weighted by Gasteiger charge is -2.10. The normalized spacial score (nSPS) is 10.9. The van der Waals surface area contributed by atoms with Gasteiger partial charge in [-0.1, -0.05) is 6.07 Å². The summed E-state index contributed by atoms with van der Waals surface area (Å²) in [7, 11) is 3.13. The summed E-state index contributed by atoms with van der Waals surface area (Å²) in [6.07, 6.45) is 0.579. The lowest BCUT2D eigenvalue weighted by atomic mass is 10.1. The largest absolute Gasteiger partial charge is 0.493 e. The topological polar surface area (TPSA) is 91.7 Å².